The summed E-state index contributed by atoms with van der Waals surface area (Å²) in [7, 11) is 0. The van der Waals surface area contributed by atoms with Crippen LogP contribution in [-0.4, -0.2) is 11.6 Å². The minimum atomic E-state index is 0.533. The molecule has 1 N–H and O–H groups in total. The van der Waals surface area contributed by atoms with Gasteiger partial charge in [0.1, 0.15) is 5.75 Å². The highest BCUT2D eigenvalue weighted by Gasteiger charge is 1.99. The molecule has 2 rings (SSSR count). The molecule has 0 unspecified atom stereocenters. The molecule has 0 saturated heterocycles. The number of nitrogens with zero attached hydrogens (tertiary/aromatic N) is 1. The second-order valence-electron chi connectivity index (χ2n) is 4.91. The smallest absolute Gasteiger partial charge is 0.121 e. The Morgan fingerprint density at radius 1 is 1.16 bits per heavy atom. The van der Waals surface area contributed by atoms with E-state index in [0.29, 0.717) is 12.5 Å². The van der Waals surface area contributed by atoms with Gasteiger partial charge in [0.2, 0.25) is 0 Å². The lowest BCUT2D eigenvalue weighted by atomic mass is 10.2. The summed E-state index contributed by atoms with van der Waals surface area (Å²) in [6.07, 6.45) is 1.80. The van der Waals surface area contributed by atoms with E-state index in [4.69, 9.17) is 4.74 Å². The molecular weight excluding hydrogens is 236 g/mol. The Morgan fingerprint density at radius 2 is 2.05 bits per heavy atom. The van der Waals surface area contributed by atoms with E-state index < -0.39 is 0 Å². The molecule has 19 heavy (non-hydrogen) atoms. The van der Waals surface area contributed by atoms with Gasteiger partial charge >= 0.3 is 0 Å². The van der Waals surface area contributed by atoms with Crippen molar-refractivity contribution in [3.63, 3.8) is 0 Å². The third-order valence-electron chi connectivity index (χ3n) is 2.62. The van der Waals surface area contributed by atoms with Crippen LogP contribution in [-0.2, 0) is 6.54 Å². The van der Waals surface area contributed by atoms with Crippen LogP contribution in [0.25, 0.3) is 0 Å². The summed E-state index contributed by atoms with van der Waals surface area (Å²) in [5.41, 5.74) is 2.07. The van der Waals surface area contributed by atoms with Gasteiger partial charge in [0.25, 0.3) is 0 Å². The molecule has 1 aromatic heterocycles. The van der Waals surface area contributed by atoms with Crippen molar-refractivity contribution in [2.24, 2.45) is 5.92 Å². The number of benzene rings is 1. The summed E-state index contributed by atoms with van der Waals surface area (Å²) < 4.78 is 5.70. The largest absolute Gasteiger partial charge is 0.493 e. The molecule has 0 atom stereocenters. The number of rotatable bonds is 6. The number of pyridine rings is 1. The second-order valence-corrected chi connectivity index (χ2v) is 4.91. The third kappa shape index (κ3) is 4.62. The molecule has 0 spiro atoms. The molecular formula is C16H20N2O. The van der Waals surface area contributed by atoms with Gasteiger partial charge in [-0.15, -0.1) is 0 Å². The molecule has 0 aliphatic heterocycles. The molecule has 0 fully saturated rings. The van der Waals surface area contributed by atoms with Gasteiger partial charge in [-0.05, 0) is 30.2 Å². The fourth-order valence-electron chi connectivity index (χ4n) is 1.65. The maximum Gasteiger partial charge on any atom is 0.121 e. The fourth-order valence-corrected chi connectivity index (χ4v) is 1.65. The highest BCUT2D eigenvalue weighted by atomic mass is 16.5. The van der Waals surface area contributed by atoms with Crippen LogP contribution in [0.2, 0.25) is 0 Å². The fraction of sp³-hybridized carbons (Fsp3) is 0.312. The molecule has 0 aliphatic carbocycles. The quantitative estimate of drug-likeness (QED) is 0.855. The number of ether oxygens (including phenoxy) is 1. The van der Waals surface area contributed by atoms with E-state index in [1.54, 1.807) is 6.20 Å². The molecule has 0 aliphatic rings. The lowest BCUT2D eigenvalue weighted by Gasteiger charge is -2.11. The first kappa shape index (κ1) is 13.4. The van der Waals surface area contributed by atoms with Crippen molar-refractivity contribution >= 4 is 5.69 Å². The van der Waals surface area contributed by atoms with E-state index in [9.17, 15) is 0 Å². The van der Waals surface area contributed by atoms with Gasteiger partial charge in [-0.2, -0.15) is 0 Å². The van der Waals surface area contributed by atoms with Crippen LogP contribution < -0.4 is 10.1 Å². The SMILES string of the molecule is CC(C)COc1cccc(NCc2ccccn2)c1. The Labute approximate surface area is 114 Å². The molecule has 2 aromatic rings. The van der Waals surface area contributed by atoms with Gasteiger partial charge in [-0.1, -0.05) is 26.0 Å². The van der Waals surface area contributed by atoms with Crippen molar-refractivity contribution in [3.05, 3.63) is 54.4 Å². The maximum absolute atomic E-state index is 5.70. The van der Waals surface area contributed by atoms with E-state index in [2.05, 4.69) is 24.1 Å². The predicted molar refractivity (Wildman–Crippen MR) is 78.3 cm³/mol. The first-order valence-electron chi connectivity index (χ1n) is 6.60. The summed E-state index contributed by atoms with van der Waals surface area (Å²) >= 11 is 0. The molecule has 100 valence electrons. The van der Waals surface area contributed by atoms with Crippen LogP contribution in [0.4, 0.5) is 5.69 Å². The number of anilines is 1. The number of nitrogens with one attached hydrogen (secondary N) is 1. The predicted octanol–water partition coefficient (Wildman–Crippen LogP) is 3.73. The van der Waals surface area contributed by atoms with Crippen molar-refractivity contribution in [1.82, 2.24) is 4.98 Å². The summed E-state index contributed by atoms with van der Waals surface area (Å²) in [6.45, 7) is 5.74. The monoisotopic (exact) mass is 256 g/mol. The molecule has 1 heterocycles. The lowest BCUT2D eigenvalue weighted by Crippen LogP contribution is -2.05. The van der Waals surface area contributed by atoms with Crippen molar-refractivity contribution in [3.8, 4) is 5.75 Å². The van der Waals surface area contributed by atoms with Crippen LogP contribution in [0, 0.1) is 5.92 Å². The van der Waals surface area contributed by atoms with Crippen LogP contribution in [0.1, 0.15) is 19.5 Å². The Kier molecular flexibility index (Phi) is 4.78. The van der Waals surface area contributed by atoms with Gasteiger partial charge in [-0.3, -0.25) is 4.98 Å². The average molecular weight is 256 g/mol. The zero-order chi connectivity index (χ0) is 13.5. The maximum atomic E-state index is 5.70. The van der Waals surface area contributed by atoms with E-state index in [1.807, 2.05) is 42.5 Å². The summed E-state index contributed by atoms with van der Waals surface area (Å²) in [5.74, 6) is 1.44. The molecule has 3 nitrogen and oxygen atoms in total. The van der Waals surface area contributed by atoms with Crippen molar-refractivity contribution in [2.45, 2.75) is 20.4 Å². The van der Waals surface area contributed by atoms with Gasteiger partial charge in [0.05, 0.1) is 18.8 Å². The minimum absolute atomic E-state index is 0.533. The topological polar surface area (TPSA) is 34.1 Å². The van der Waals surface area contributed by atoms with Crippen LogP contribution in [0.3, 0.4) is 0 Å². The standard InChI is InChI=1S/C16H20N2O/c1-13(2)12-19-16-8-5-7-14(10-16)18-11-15-6-3-4-9-17-15/h3-10,13,18H,11-12H2,1-2H3. The van der Waals surface area contributed by atoms with Gasteiger partial charge < -0.3 is 10.1 Å². The molecule has 0 radical (unpaired) electrons. The van der Waals surface area contributed by atoms with E-state index in [-0.39, 0.29) is 0 Å². The molecule has 0 saturated carbocycles. The highest BCUT2D eigenvalue weighted by molar-refractivity contribution is 5.48. The van der Waals surface area contributed by atoms with Crippen LogP contribution in [0.15, 0.2) is 48.7 Å². The van der Waals surface area contributed by atoms with E-state index >= 15 is 0 Å². The van der Waals surface area contributed by atoms with Crippen LogP contribution >= 0.6 is 0 Å². The zero-order valence-corrected chi connectivity index (χ0v) is 11.5. The first-order valence-corrected chi connectivity index (χ1v) is 6.60. The van der Waals surface area contributed by atoms with Gasteiger partial charge in [0.15, 0.2) is 0 Å². The van der Waals surface area contributed by atoms with Crippen molar-refractivity contribution in [1.29, 1.82) is 0 Å². The molecule has 3 heteroatoms. The number of aromatic nitrogens is 1. The van der Waals surface area contributed by atoms with Gasteiger partial charge in [-0.25, -0.2) is 0 Å². The summed E-state index contributed by atoms with van der Waals surface area (Å²) in [4.78, 5) is 4.28. The van der Waals surface area contributed by atoms with Crippen molar-refractivity contribution < 1.29 is 4.74 Å². The zero-order valence-electron chi connectivity index (χ0n) is 11.5. The number of hydrogen-bond donors (Lipinski definition) is 1. The van der Waals surface area contributed by atoms with E-state index in [1.165, 1.54) is 0 Å². The summed E-state index contributed by atoms with van der Waals surface area (Å²) in [5, 5.41) is 3.35. The first-order chi connectivity index (χ1) is 9.24. The normalized spacial score (nSPS) is 10.5. The third-order valence-corrected chi connectivity index (χ3v) is 2.62. The van der Waals surface area contributed by atoms with Crippen molar-refractivity contribution in [2.75, 3.05) is 11.9 Å². The summed E-state index contributed by atoms with van der Waals surface area (Å²) in [6, 6.07) is 13.9. The minimum Gasteiger partial charge on any atom is -0.493 e. The Balaban J connectivity index is 1.91. The Morgan fingerprint density at radius 3 is 2.79 bits per heavy atom. The number of hydrogen-bond acceptors (Lipinski definition) is 3. The highest BCUT2D eigenvalue weighted by Crippen LogP contribution is 2.18. The lowest BCUT2D eigenvalue weighted by molar-refractivity contribution is 0.271. The molecule has 0 bridgehead atoms. The Bertz CT molecular complexity index is 497. The second kappa shape index (κ2) is 6.78. The van der Waals surface area contributed by atoms with Crippen LogP contribution in [0.5, 0.6) is 5.75 Å². The average Bonchev–Trinajstić information content (AvgIpc) is 2.44. The van der Waals surface area contributed by atoms with E-state index in [0.717, 1.165) is 23.7 Å². The Hall–Kier alpha value is -2.03. The molecule has 0 amide bonds. The van der Waals surface area contributed by atoms with Gasteiger partial charge in [0, 0.05) is 18.0 Å². The molecule has 1 aromatic carbocycles.